The van der Waals surface area contributed by atoms with Crippen molar-refractivity contribution in [3.8, 4) is 5.75 Å². The standard InChI is InChI=1S/C23H23N3O6S/c1-15-5-8-19(9-6-15)33(29,30)26(13-18-4-3-11-31-18)14-22(27)24-17-7-10-21-20(12-17)25-23(28)16(2)32-21/h3-12,16H,13-14H2,1-2H3,(H,24,27)(H,25,28). The summed E-state index contributed by atoms with van der Waals surface area (Å²) in [6.45, 7) is 2.95. The molecule has 10 heteroatoms. The summed E-state index contributed by atoms with van der Waals surface area (Å²) in [5, 5.41) is 5.39. The van der Waals surface area contributed by atoms with Crippen molar-refractivity contribution < 1.29 is 27.2 Å². The minimum atomic E-state index is -3.97. The lowest BCUT2D eigenvalue weighted by Gasteiger charge is -2.24. The van der Waals surface area contributed by atoms with E-state index in [-0.39, 0.29) is 17.3 Å². The fourth-order valence-electron chi connectivity index (χ4n) is 3.31. The molecule has 1 aliphatic rings. The van der Waals surface area contributed by atoms with Gasteiger partial charge >= 0.3 is 0 Å². The molecule has 0 spiro atoms. The largest absolute Gasteiger partial charge is 0.479 e. The molecule has 2 aromatic carbocycles. The second-order valence-electron chi connectivity index (χ2n) is 7.67. The molecule has 1 aliphatic heterocycles. The third kappa shape index (κ3) is 5.07. The van der Waals surface area contributed by atoms with Gasteiger partial charge in [0.15, 0.2) is 6.10 Å². The van der Waals surface area contributed by atoms with Crippen LogP contribution in [-0.4, -0.2) is 37.2 Å². The maximum absolute atomic E-state index is 13.3. The monoisotopic (exact) mass is 469 g/mol. The first-order valence-electron chi connectivity index (χ1n) is 10.2. The van der Waals surface area contributed by atoms with Crippen LogP contribution in [0.5, 0.6) is 5.75 Å². The maximum atomic E-state index is 13.3. The second kappa shape index (κ2) is 9.08. The SMILES string of the molecule is Cc1ccc(S(=O)(=O)N(CC(=O)Nc2ccc3c(c2)NC(=O)C(C)O3)Cc2ccco2)cc1. The lowest BCUT2D eigenvalue weighted by molar-refractivity contribution is -0.122. The number of anilines is 2. The molecular weight excluding hydrogens is 446 g/mol. The molecule has 2 heterocycles. The summed E-state index contributed by atoms with van der Waals surface area (Å²) in [7, 11) is -3.97. The zero-order valence-corrected chi connectivity index (χ0v) is 18.9. The Morgan fingerprint density at radius 1 is 1.15 bits per heavy atom. The van der Waals surface area contributed by atoms with Gasteiger partial charge in [-0.15, -0.1) is 0 Å². The van der Waals surface area contributed by atoms with Crippen LogP contribution in [0.2, 0.25) is 0 Å². The Balaban J connectivity index is 1.54. The molecule has 2 amide bonds. The quantitative estimate of drug-likeness (QED) is 0.549. The van der Waals surface area contributed by atoms with Crippen LogP contribution in [0.3, 0.4) is 0 Å². The molecule has 1 atom stereocenters. The topological polar surface area (TPSA) is 118 Å². The Morgan fingerprint density at radius 2 is 1.91 bits per heavy atom. The van der Waals surface area contributed by atoms with E-state index in [1.165, 1.54) is 18.4 Å². The highest BCUT2D eigenvalue weighted by Crippen LogP contribution is 2.32. The van der Waals surface area contributed by atoms with E-state index < -0.39 is 28.6 Å². The van der Waals surface area contributed by atoms with Crippen molar-refractivity contribution in [1.29, 1.82) is 0 Å². The molecule has 0 bridgehead atoms. The lowest BCUT2D eigenvalue weighted by atomic mass is 10.2. The van der Waals surface area contributed by atoms with Gasteiger partial charge < -0.3 is 19.8 Å². The van der Waals surface area contributed by atoms with E-state index in [4.69, 9.17) is 9.15 Å². The summed E-state index contributed by atoms with van der Waals surface area (Å²) in [6.07, 6.45) is 0.830. The number of nitrogens with one attached hydrogen (secondary N) is 2. The molecule has 2 N–H and O–H groups in total. The summed E-state index contributed by atoms with van der Waals surface area (Å²) in [5.41, 5.74) is 1.74. The molecule has 0 aliphatic carbocycles. The van der Waals surface area contributed by atoms with Gasteiger partial charge in [0.1, 0.15) is 11.5 Å². The van der Waals surface area contributed by atoms with E-state index >= 15 is 0 Å². The number of nitrogens with zero attached hydrogens (tertiary/aromatic N) is 1. The normalized spacial score (nSPS) is 15.5. The van der Waals surface area contributed by atoms with Crippen LogP contribution in [0.25, 0.3) is 0 Å². The van der Waals surface area contributed by atoms with Crippen molar-refractivity contribution >= 4 is 33.2 Å². The van der Waals surface area contributed by atoms with Crippen LogP contribution >= 0.6 is 0 Å². The first-order valence-corrected chi connectivity index (χ1v) is 11.7. The Kier molecular flexibility index (Phi) is 6.21. The van der Waals surface area contributed by atoms with Crippen LogP contribution in [0.1, 0.15) is 18.2 Å². The molecule has 33 heavy (non-hydrogen) atoms. The zero-order valence-electron chi connectivity index (χ0n) is 18.1. The van der Waals surface area contributed by atoms with Crippen LogP contribution in [0.4, 0.5) is 11.4 Å². The first kappa shape index (κ1) is 22.6. The number of ether oxygens (including phenoxy) is 1. The predicted molar refractivity (Wildman–Crippen MR) is 121 cm³/mol. The van der Waals surface area contributed by atoms with Gasteiger partial charge in [-0.2, -0.15) is 4.31 Å². The molecule has 0 fully saturated rings. The lowest BCUT2D eigenvalue weighted by Crippen LogP contribution is -2.37. The van der Waals surface area contributed by atoms with Gasteiger partial charge in [-0.05, 0) is 56.3 Å². The molecular formula is C23H23N3O6S. The second-order valence-corrected chi connectivity index (χ2v) is 9.61. The number of rotatable bonds is 7. The molecule has 3 aromatic rings. The highest BCUT2D eigenvalue weighted by Gasteiger charge is 2.28. The number of hydrogen-bond acceptors (Lipinski definition) is 6. The van der Waals surface area contributed by atoms with Crippen molar-refractivity contribution in [2.24, 2.45) is 0 Å². The summed E-state index contributed by atoms with van der Waals surface area (Å²) >= 11 is 0. The third-order valence-electron chi connectivity index (χ3n) is 5.09. The number of carbonyl (C=O) groups excluding carboxylic acids is 2. The molecule has 0 saturated heterocycles. The minimum absolute atomic E-state index is 0.0789. The maximum Gasteiger partial charge on any atom is 0.265 e. The van der Waals surface area contributed by atoms with Crippen molar-refractivity contribution in [2.75, 3.05) is 17.2 Å². The average Bonchev–Trinajstić information content (AvgIpc) is 3.28. The molecule has 1 unspecified atom stereocenters. The highest BCUT2D eigenvalue weighted by molar-refractivity contribution is 7.89. The van der Waals surface area contributed by atoms with E-state index in [0.29, 0.717) is 22.9 Å². The van der Waals surface area contributed by atoms with Gasteiger partial charge in [0.25, 0.3) is 5.91 Å². The summed E-state index contributed by atoms with van der Waals surface area (Å²) in [6, 6.07) is 14.5. The first-order chi connectivity index (χ1) is 15.7. The van der Waals surface area contributed by atoms with Crippen molar-refractivity contribution in [2.45, 2.75) is 31.4 Å². The number of hydrogen-bond donors (Lipinski definition) is 2. The fourth-order valence-corrected chi connectivity index (χ4v) is 4.67. The van der Waals surface area contributed by atoms with Gasteiger partial charge in [0.2, 0.25) is 15.9 Å². The van der Waals surface area contributed by atoms with Crippen LogP contribution in [-0.2, 0) is 26.2 Å². The smallest absolute Gasteiger partial charge is 0.265 e. The number of sulfonamides is 1. The minimum Gasteiger partial charge on any atom is -0.479 e. The number of benzene rings is 2. The molecule has 0 saturated carbocycles. The summed E-state index contributed by atoms with van der Waals surface area (Å²) in [5.74, 6) is 0.0520. The summed E-state index contributed by atoms with van der Waals surface area (Å²) in [4.78, 5) is 24.7. The fraction of sp³-hybridized carbons (Fsp3) is 0.217. The highest BCUT2D eigenvalue weighted by atomic mass is 32.2. The Bertz CT molecular complexity index is 1270. The molecule has 1 aromatic heterocycles. The van der Waals surface area contributed by atoms with Crippen molar-refractivity contribution in [1.82, 2.24) is 4.31 Å². The van der Waals surface area contributed by atoms with Gasteiger partial charge in [-0.25, -0.2) is 8.42 Å². The molecule has 4 rings (SSSR count). The zero-order chi connectivity index (χ0) is 23.6. The predicted octanol–water partition coefficient (Wildman–Crippen LogP) is 3.14. The number of fused-ring (bicyclic) bond motifs is 1. The van der Waals surface area contributed by atoms with Crippen LogP contribution in [0.15, 0.2) is 70.2 Å². The Labute approximate surface area is 191 Å². The number of furan rings is 1. The van der Waals surface area contributed by atoms with Crippen LogP contribution in [0, 0.1) is 6.92 Å². The number of amides is 2. The van der Waals surface area contributed by atoms with E-state index in [1.54, 1.807) is 49.4 Å². The molecule has 0 radical (unpaired) electrons. The van der Waals surface area contributed by atoms with Gasteiger partial charge in [0.05, 0.1) is 29.9 Å². The van der Waals surface area contributed by atoms with E-state index in [1.807, 2.05) is 6.92 Å². The van der Waals surface area contributed by atoms with Gasteiger partial charge in [0, 0.05) is 5.69 Å². The van der Waals surface area contributed by atoms with E-state index in [0.717, 1.165) is 9.87 Å². The number of aryl methyl sites for hydroxylation is 1. The van der Waals surface area contributed by atoms with Gasteiger partial charge in [-0.1, -0.05) is 17.7 Å². The van der Waals surface area contributed by atoms with E-state index in [2.05, 4.69) is 10.6 Å². The third-order valence-corrected chi connectivity index (χ3v) is 6.89. The van der Waals surface area contributed by atoms with Crippen LogP contribution < -0.4 is 15.4 Å². The number of carbonyl (C=O) groups is 2. The molecule has 172 valence electrons. The average molecular weight is 470 g/mol. The van der Waals surface area contributed by atoms with Gasteiger partial charge in [-0.3, -0.25) is 9.59 Å². The summed E-state index contributed by atoms with van der Waals surface area (Å²) < 4.78 is 38.4. The molecule has 9 nitrogen and oxygen atoms in total. The van der Waals surface area contributed by atoms with Crippen molar-refractivity contribution in [3.05, 3.63) is 72.2 Å². The Morgan fingerprint density at radius 3 is 2.61 bits per heavy atom. The van der Waals surface area contributed by atoms with Crippen molar-refractivity contribution in [3.63, 3.8) is 0 Å². The Hall–Kier alpha value is -3.63. The van der Waals surface area contributed by atoms with E-state index in [9.17, 15) is 18.0 Å².